The first-order valence-electron chi connectivity index (χ1n) is 5.65. The van der Waals surface area contributed by atoms with Crippen molar-refractivity contribution in [2.75, 3.05) is 17.7 Å². The molecule has 112 valence electrons. The van der Waals surface area contributed by atoms with E-state index >= 15 is 0 Å². The molecule has 21 heavy (non-hydrogen) atoms. The average molecular weight is 337 g/mol. The molecule has 0 spiro atoms. The molecule has 0 aliphatic heterocycles. The van der Waals surface area contributed by atoms with Gasteiger partial charge in [0.05, 0.1) is 0 Å². The number of aromatic nitrogens is 2. The molecule has 2 rings (SSSR count). The fourth-order valence-corrected chi connectivity index (χ4v) is 2.07. The maximum absolute atomic E-state index is 12.7. The first kappa shape index (κ1) is 15.7. The number of rotatable bonds is 3. The highest BCUT2D eigenvalue weighted by atomic mass is 35.5. The Bertz CT molecular complexity index is 641. The maximum Gasteiger partial charge on any atom is 0.451 e. The van der Waals surface area contributed by atoms with Crippen LogP contribution in [-0.4, -0.2) is 17.0 Å². The highest BCUT2D eigenvalue weighted by Crippen LogP contribution is 2.30. The zero-order valence-electron chi connectivity index (χ0n) is 10.6. The van der Waals surface area contributed by atoms with E-state index in [0.717, 1.165) is 0 Å². The molecule has 2 aromatic rings. The van der Waals surface area contributed by atoms with Crippen LogP contribution in [0.4, 0.5) is 30.5 Å². The van der Waals surface area contributed by atoms with Crippen LogP contribution in [0.3, 0.4) is 0 Å². The fraction of sp³-hybridized carbons (Fsp3) is 0.167. The molecule has 0 atom stereocenters. The van der Waals surface area contributed by atoms with Crippen molar-refractivity contribution in [3.8, 4) is 0 Å². The van der Waals surface area contributed by atoms with Crippen molar-refractivity contribution in [3.05, 3.63) is 40.1 Å². The van der Waals surface area contributed by atoms with Crippen LogP contribution in [0.5, 0.6) is 0 Å². The Balaban J connectivity index is 2.39. The van der Waals surface area contributed by atoms with Crippen molar-refractivity contribution >= 4 is 40.5 Å². The van der Waals surface area contributed by atoms with E-state index in [0.29, 0.717) is 15.7 Å². The molecule has 9 heteroatoms. The van der Waals surface area contributed by atoms with E-state index in [2.05, 4.69) is 20.6 Å². The van der Waals surface area contributed by atoms with E-state index < -0.39 is 12.0 Å². The average Bonchev–Trinajstić information content (AvgIpc) is 2.36. The Hall–Kier alpha value is -1.73. The molecule has 1 aromatic heterocycles. The zero-order chi connectivity index (χ0) is 15.6. The van der Waals surface area contributed by atoms with Gasteiger partial charge in [-0.2, -0.15) is 13.2 Å². The molecular formula is C12H9Cl2F3N4. The van der Waals surface area contributed by atoms with Gasteiger partial charge in [-0.25, -0.2) is 9.97 Å². The first-order valence-corrected chi connectivity index (χ1v) is 6.40. The monoisotopic (exact) mass is 336 g/mol. The summed E-state index contributed by atoms with van der Waals surface area (Å²) in [6, 6.07) is 5.88. The Kier molecular flexibility index (Phi) is 4.43. The van der Waals surface area contributed by atoms with E-state index in [1.807, 2.05) is 0 Å². The van der Waals surface area contributed by atoms with Gasteiger partial charge in [-0.05, 0) is 18.2 Å². The molecule has 0 amide bonds. The molecule has 0 saturated heterocycles. The lowest BCUT2D eigenvalue weighted by molar-refractivity contribution is -0.144. The quantitative estimate of drug-likeness (QED) is 0.860. The smallest absolute Gasteiger partial charge is 0.373 e. The molecular weight excluding hydrogens is 328 g/mol. The fourth-order valence-electron chi connectivity index (χ4n) is 1.54. The summed E-state index contributed by atoms with van der Waals surface area (Å²) in [5.74, 6) is -1.24. The van der Waals surface area contributed by atoms with Gasteiger partial charge in [0.2, 0.25) is 5.82 Å². The molecule has 0 aliphatic rings. The van der Waals surface area contributed by atoms with Crippen LogP contribution in [-0.2, 0) is 6.18 Å². The van der Waals surface area contributed by atoms with E-state index in [-0.39, 0.29) is 11.6 Å². The molecule has 0 radical (unpaired) electrons. The number of benzene rings is 1. The lowest BCUT2D eigenvalue weighted by atomic mass is 10.3. The Morgan fingerprint density at radius 2 is 1.52 bits per heavy atom. The largest absolute Gasteiger partial charge is 0.451 e. The third-order valence-corrected chi connectivity index (χ3v) is 2.81. The number of nitrogens with zero attached hydrogens (tertiary/aromatic N) is 2. The van der Waals surface area contributed by atoms with Crippen molar-refractivity contribution in [2.24, 2.45) is 0 Å². The molecule has 1 heterocycles. The summed E-state index contributed by atoms with van der Waals surface area (Å²) in [7, 11) is 1.46. The number of nitrogens with one attached hydrogen (secondary N) is 2. The zero-order valence-corrected chi connectivity index (χ0v) is 12.1. The summed E-state index contributed by atoms with van der Waals surface area (Å²) < 4.78 is 38.2. The second-order valence-electron chi connectivity index (χ2n) is 3.99. The third kappa shape index (κ3) is 4.12. The summed E-state index contributed by atoms with van der Waals surface area (Å²) >= 11 is 11.7. The summed E-state index contributed by atoms with van der Waals surface area (Å²) in [6.45, 7) is 0. The van der Waals surface area contributed by atoms with Gasteiger partial charge in [0.1, 0.15) is 11.6 Å². The van der Waals surface area contributed by atoms with Gasteiger partial charge in [0.25, 0.3) is 0 Å². The molecule has 0 bridgehead atoms. The van der Waals surface area contributed by atoms with Gasteiger partial charge in [-0.15, -0.1) is 0 Å². The van der Waals surface area contributed by atoms with E-state index in [4.69, 9.17) is 23.2 Å². The van der Waals surface area contributed by atoms with Crippen LogP contribution in [0.1, 0.15) is 5.82 Å². The normalized spacial score (nSPS) is 11.3. The summed E-state index contributed by atoms with van der Waals surface area (Å²) in [5.41, 5.74) is 0.418. The van der Waals surface area contributed by atoms with E-state index in [1.165, 1.54) is 31.3 Å². The maximum atomic E-state index is 12.7. The molecule has 1 aromatic carbocycles. The van der Waals surface area contributed by atoms with E-state index in [9.17, 15) is 13.2 Å². The minimum atomic E-state index is -4.64. The summed E-state index contributed by atoms with van der Waals surface area (Å²) in [6.07, 6.45) is -4.64. The topological polar surface area (TPSA) is 49.8 Å². The number of hydrogen-bond acceptors (Lipinski definition) is 4. The van der Waals surface area contributed by atoms with Crippen LogP contribution in [0.2, 0.25) is 10.0 Å². The Morgan fingerprint density at radius 3 is 2.05 bits per heavy atom. The molecule has 0 saturated carbocycles. The van der Waals surface area contributed by atoms with Crippen molar-refractivity contribution < 1.29 is 13.2 Å². The predicted octanol–water partition coefficient (Wildman–Crippen LogP) is 4.59. The van der Waals surface area contributed by atoms with E-state index in [1.54, 1.807) is 0 Å². The predicted molar refractivity (Wildman–Crippen MR) is 76.3 cm³/mol. The number of hydrogen-bond donors (Lipinski definition) is 2. The second-order valence-corrected chi connectivity index (χ2v) is 4.87. The van der Waals surface area contributed by atoms with Gasteiger partial charge in [-0.1, -0.05) is 23.2 Å². The summed E-state index contributed by atoms with van der Waals surface area (Å²) in [5, 5.41) is 5.96. The SMILES string of the molecule is CNc1cc(Nc2cc(Cl)cc(Cl)c2)nc(C(F)(F)F)n1. The van der Waals surface area contributed by atoms with Crippen molar-refractivity contribution in [1.82, 2.24) is 9.97 Å². The first-order chi connectivity index (χ1) is 9.77. The number of anilines is 3. The third-order valence-electron chi connectivity index (χ3n) is 2.37. The minimum absolute atomic E-state index is 0.0278. The molecule has 4 nitrogen and oxygen atoms in total. The van der Waals surface area contributed by atoms with Gasteiger partial charge in [0, 0.05) is 28.8 Å². The number of halogens is 5. The van der Waals surface area contributed by atoms with Gasteiger partial charge in [0.15, 0.2) is 0 Å². The lowest BCUT2D eigenvalue weighted by Gasteiger charge is -2.12. The lowest BCUT2D eigenvalue weighted by Crippen LogP contribution is -2.13. The molecule has 0 fully saturated rings. The van der Waals surface area contributed by atoms with Gasteiger partial charge < -0.3 is 10.6 Å². The van der Waals surface area contributed by atoms with Crippen molar-refractivity contribution in [1.29, 1.82) is 0 Å². The van der Waals surface area contributed by atoms with Crippen LogP contribution in [0, 0.1) is 0 Å². The van der Waals surface area contributed by atoms with Crippen LogP contribution < -0.4 is 10.6 Å². The molecule has 2 N–H and O–H groups in total. The minimum Gasteiger partial charge on any atom is -0.373 e. The van der Waals surface area contributed by atoms with Crippen molar-refractivity contribution in [2.45, 2.75) is 6.18 Å². The van der Waals surface area contributed by atoms with Crippen LogP contribution in [0.15, 0.2) is 24.3 Å². The standard InChI is InChI=1S/C12H9Cl2F3N4/c1-18-9-5-10(21-11(20-9)12(15,16)17)19-8-3-6(13)2-7(14)4-8/h2-5H,1H3,(H2,18,19,20,21). The van der Waals surface area contributed by atoms with Gasteiger partial charge in [-0.3, -0.25) is 0 Å². The van der Waals surface area contributed by atoms with Crippen LogP contribution >= 0.6 is 23.2 Å². The Labute approximate surface area is 128 Å². The highest BCUT2D eigenvalue weighted by Gasteiger charge is 2.35. The molecule has 0 aliphatic carbocycles. The Morgan fingerprint density at radius 1 is 0.952 bits per heavy atom. The second kappa shape index (κ2) is 5.95. The highest BCUT2D eigenvalue weighted by molar-refractivity contribution is 6.35. The summed E-state index contributed by atoms with van der Waals surface area (Å²) in [4.78, 5) is 6.79. The van der Waals surface area contributed by atoms with Crippen LogP contribution in [0.25, 0.3) is 0 Å². The molecule has 0 unspecified atom stereocenters. The van der Waals surface area contributed by atoms with Gasteiger partial charge >= 0.3 is 6.18 Å². The van der Waals surface area contributed by atoms with Crippen molar-refractivity contribution in [3.63, 3.8) is 0 Å². The number of alkyl halides is 3.